The largest absolute Gasteiger partial charge is 0.494 e. The molecule has 0 aliphatic carbocycles. The zero-order valence-corrected chi connectivity index (χ0v) is 15.9. The van der Waals surface area contributed by atoms with Crippen LogP contribution in [-0.2, 0) is 0 Å². The fraction of sp³-hybridized carbons (Fsp3) is 0.227. The quantitative estimate of drug-likeness (QED) is 0.330. The molecule has 0 unspecified atom stereocenters. The van der Waals surface area contributed by atoms with Crippen molar-refractivity contribution in [3.05, 3.63) is 71.9 Å². The van der Waals surface area contributed by atoms with Gasteiger partial charge < -0.3 is 4.74 Å². The van der Waals surface area contributed by atoms with E-state index in [2.05, 4.69) is 27.6 Å². The van der Waals surface area contributed by atoms with Gasteiger partial charge in [0.25, 0.3) is 5.91 Å². The van der Waals surface area contributed by atoms with E-state index < -0.39 is 0 Å². The summed E-state index contributed by atoms with van der Waals surface area (Å²) in [6, 6.07) is 18.9. The maximum Gasteiger partial charge on any atom is 0.289 e. The Kier molecular flexibility index (Phi) is 6.95. The average Bonchev–Trinajstić information content (AvgIpc) is 3.23. The van der Waals surface area contributed by atoms with Gasteiger partial charge in [-0.2, -0.15) is 10.2 Å². The Hall–Kier alpha value is -3.41. The fourth-order valence-electron chi connectivity index (χ4n) is 2.61. The van der Waals surface area contributed by atoms with Crippen LogP contribution in [-0.4, -0.2) is 28.9 Å². The predicted molar refractivity (Wildman–Crippen MR) is 111 cm³/mol. The summed E-state index contributed by atoms with van der Waals surface area (Å²) >= 11 is 0. The summed E-state index contributed by atoms with van der Waals surface area (Å²) in [5.74, 6) is 0.491. The first-order valence-corrected chi connectivity index (χ1v) is 9.43. The molecule has 28 heavy (non-hydrogen) atoms. The molecular weight excluding hydrogens is 352 g/mol. The van der Waals surface area contributed by atoms with Crippen LogP contribution in [0.5, 0.6) is 5.75 Å². The van der Waals surface area contributed by atoms with Crippen molar-refractivity contribution < 1.29 is 9.53 Å². The lowest BCUT2D eigenvalue weighted by molar-refractivity contribution is 0.0950. The Balaban J connectivity index is 1.55. The first-order valence-electron chi connectivity index (χ1n) is 9.43. The molecule has 0 atom stereocenters. The fourth-order valence-corrected chi connectivity index (χ4v) is 2.61. The van der Waals surface area contributed by atoms with Crippen molar-refractivity contribution in [2.75, 3.05) is 6.61 Å². The summed E-state index contributed by atoms with van der Waals surface area (Å²) in [6.07, 6.45) is 5.00. The molecule has 0 saturated heterocycles. The van der Waals surface area contributed by atoms with Crippen LogP contribution in [0.1, 0.15) is 42.2 Å². The van der Waals surface area contributed by atoms with E-state index in [1.54, 1.807) is 12.3 Å². The number of benzene rings is 2. The highest BCUT2D eigenvalue weighted by molar-refractivity contribution is 5.94. The molecule has 6 nitrogen and oxygen atoms in total. The number of hydrogen-bond donors (Lipinski definition) is 2. The van der Waals surface area contributed by atoms with Crippen LogP contribution in [0.2, 0.25) is 0 Å². The van der Waals surface area contributed by atoms with Crippen LogP contribution in [0.3, 0.4) is 0 Å². The monoisotopic (exact) mass is 376 g/mol. The van der Waals surface area contributed by atoms with Gasteiger partial charge in [-0.1, -0.05) is 50.1 Å². The van der Waals surface area contributed by atoms with Gasteiger partial charge in [0.2, 0.25) is 0 Å². The number of amides is 1. The van der Waals surface area contributed by atoms with Crippen LogP contribution in [0.25, 0.3) is 11.3 Å². The van der Waals surface area contributed by atoms with Gasteiger partial charge in [0.05, 0.1) is 18.5 Å². The number of carbonyl (C=O) groups is 1. The number of hydrazone groups is 1. The third-order valence-corrected chi connectivity index (χ3v) is 4.17. The highest BCUT2D eigenvalue weighted by atomic mass is 16.5. The summed E-state index contributed by atoms with van der Waals surface area (Å²) < 4.78 is 5.71. The Bertz CT molecular complexity index is 902. The number of H-pyrrole nitrogens is 1. The zero-order chi connectivity index (χ0) is 19.6. The van der Waals surface area contributed by atoms with E-state index in [0.29, 0.717) is 11.4 Å². The van der Waals surface area contributed by atoms with Crippen LogP contribution >= 0.6 is 0 Å². The molecule has 3 rings (SSSR count). The third-order valence-electron chi connectivity index (χ3n) is 4.17. The Morgan fingerprint density at radius 2 is 1.93 bits per heavy atom. The number of aromatic nitrogens is 2. The zero-order valence-electron chi connectivity index (χ0n) is 15.9. The summed E-state index contributed by atoms with van der Waals surface area (Å²) in [7, 11) is 0. The second kappa shape index (κ2) is 10.1. The van der Waals surface area contributed by atoms with E-state index in [1.807, 2.05) is 54.6 Å². The average molecular weight is 376 g/mol. The third kappa shape index (κ3) is 5.54. The van der Waals surface area contributed by atoms with Gasteiger partial charge in [0.1, 0.15) is 11.4 Å². The van der Waals surface area contributed by atoms with E-state index in [4.69, 9.17) is 4.74 Å². The maximum absolute atomic E-state index is 12.2. The molecular formula is C22H24N4O2. The van der Waals surface area contributed by atoms with Crippen LogP contribution in [0.15, 0.2) is 65.8 Å². The lowest BCUT2D eigenvalue weighted by atomic mass is 10.1. The Labute approximate surface area is 164 Å². The minimum Gasteiger partial charge on any atom is -0.494 e. The van der Waals surface area contributed by atoms with Crippen LogP contribution < -0.4 is 10.2 Å². The highest BCUT2D eigenvalue weighted by Gasteiger charge is 2.10. The van der Waals surface area contributed by atoms with Crippen molar-refractivity contribution in [1.82, 2.24) is 15.6 Å². The van der Waals surface area contributed by atoms with Crippen molar-refractivity contribution in [2.45, 2.75) is 26.2 Å². The van der Waals surface area contributed by atoms with E-state index >= 15 is 0 Å². The lowest BCUT2D eigenvalue weighted by Gasteiger charge is -2.06. The molecule has 2 N–H and O–H groups in total. The van der Waals surface area contributed by atoms with E-state index in [1.165, 1.54) is 12.8 Å². The first-order chi connectivity index (χ1) is 13.8. The van der Waals surface area contributed by atoms with E-state index in [-0.39, 0.29) is 5.91 Å². The molecule has 1 amide bonds. The summed E-state index contributed by atoms with van der Waals surface area (Å²) in [6.45, 7) is 2.90. The molecule has 0 spiro atoms. The van der Waals surface area contributed by atoms with Gasteiger partial charge >= 0.3 is 0 Å². The number of nitrogens with one attached hydrogen (secondary N) is 2. The molecule has 0 radical (unpaired) electrons. The molecule has 2 aromatic carbocycles. The van der Waals surface area contributed by atoms with Gasteiger partial charge in [-0.3, -0.25) is 9.89 Å². The van der Waals surface area contributed by atoms with Crippen molar-refractivity contribution in [3.8, 4) is 17.0 Å². The van der Waals surface area contributed by atoms with Crippen LogP contribution in [0.4, 0.5) is 0 Å². The Morgan fingerprint density at radius 3 is 2.68 bits per heavy atom. The normalized spacial score (nSPS) is 10.9. The highest BCUT2D eigenvalue weighted by Crippen LogP contribution is 2.21. The summed E-state index contributed by atoms with van der Waals surface area (Å²) in [4.78, 5) is 12.2. The number of nitrogens with zero attached hydrogens (tertiary/aromatic N) is 2. The van der Waals surface area contributed by atoms with Gasteiger partial charge in [0.15, 0.2) is 0 Å². The molecule has 6 heteroatoms. The van der Waals surface area contributed by atoms with Gasteiger partial charge in [0, 0.05) is 5.56 Å². The molecule has 0 bridgehead atoms. The maximum atomic E-state index is 12.2. The number of ether oxygens (including phenoxy) is 1. The number of hydrogen-bond acceptors (Lipinski definition) is 4. The van der Waals surface area contributed by atoms with Gasteiger partial charge in [-0.15, -0.1) is 0 Å². The van der Waals surface area contributed by atoms with Gasteiger partial charge in [-0.05, 0) is 42.3 Å². The minimum atomic E-state index is -0.346. The summed E-state index contributed by atoms with van der Waals surface area (Å²) in [5.41, 5.74) is 5.34. The molecule has 0 aliphatic heterocycles. The molecule has 0 fully saturated rings. The Morgan fingerprint density at radius 1 is 1.14 bits per heavy atom. The molecule has 0 aliphatic rings. The van der Waals surface area contributed by atoms with Crippen LogP contribution in [0, 0.1) is 0 Å². The van der Waals surface area contributed by atoms with Gasteiger partial charge in [-0.25, -0.2) is 5.43 Å². The number of rotatable bonds is 9. The molecule has 1 aromatic heterocycles. The van der Waals surface area contributed by atoms with Crippen molar-refractivity contribution in [1.29, 1.82) is 0 Å². The predicted octanol–water partition coefficient (Wildman–Crippen LogP) is 4.41. The molecule has 144 valence electrons. The number of carbonyl (C=O) groups excluding carboxylic acids is 1. The van der Waals surface area contributed by atoms with Crippen molar-refractivity contribution in [2.24, 2.45) is 5.10 Å². The number of unbranched alkanes of at least 4 members (excludes halogenated alkanes) is 2. The van der Waals surface area contributed by atoms with Crippen molar-refractivity contribution >= 4 is 12.1 Å². The smallest absolute Gasteiger partial charge is 0.289 e. The standard InChI is InChI=1S/C22H24N4O2/c1-2-3-7-14-28-19-12-10-18(11-13-19)20-15-21(25-24-20)22(27)26-23-16-17-8-5-4-6-9-17/h4-6,8-13,15-16H,2-3,7,14H2,1H3,(H,24,25)(H,26,27)/b23-16-. The minimum absolute atomic E-state index is 0.346. The second-order valence-corrected chi connectivity index (χ2v) is 6.36. The molecule has 0 saturated carbocycles. The first kappa shape index (κ1) is 19.4. The van der Waals surface area contributed by atoms with E-state index in [0.717, 1.165) is 29.9 Å². The molecule has 3 aromatic rings. The SMILES string of the molecule is CCCCCOc1ccc(-c2cc(C(=O)N/N=C\c3ccccc3)[nH]n2)cc1. The number of aromatic amines is 1. The topological polar surface area (TPSA) is 79.4 Å². The van der Waals surface area contributed by atoms with E-state index in [9.17, 15) is 4.79 Å². The summed E-state index contributed by atoms with van der Waals surface area (Å²) in [5, 5.41) is 10.9. The second-order valence-electron chi connectivity index (χ2n) is 6.36. The van der Waals surface area contributed by atoms with Crippen molar-refractivity contribution in [3.63, 3.8) is 0 Å². The lowest BCUT2D eigenvalue weighted by Crippen LogP contribution is -2.17. The molecule has 1 heterocycles.